The minimum Gasteiger partial charge on any atom is -0.408 e. The third-order valence-electron chi connectivity index (χ3n) is 5.33. The number of halogens is 1. The summed E-state index contributed by atoms with van der Waals surface area (Å²) in [6.45, 7) is 2.67. The van der Waals surface area contributed by atoms with E-state index in [1.807, 2.05) is 12.1 Å². The highest BCUT2D eigenvalue weighted by Crippen LogP contribution is 2.26. The molecule has 0 saturated carbocycles. The fraction of sp³-hybridized carbons (Fsp3) is 0.333. The lowest BCUT2D eigenvalue weighted by molar-refractivity contribution is 0.0950. The van der Waals surface area contributed by atoms with Crippen LogP contribution in [0.1, 0.15) is 29.6 Å². The first kappa shape index (κ1) is 18.6. The third kappa shape index (κ3) is 4.22. The number of H-pyrrole nitrogens is 1. The average molecular weight is 400 g/mol. The standard InChI is InChI=1S/C21H22ClN3O3/c22-16-2-4-17(5-3-16)25-11-8-14(9-12-25)7-10-23-20(26)15-1-6-18-19(13-15)28-21(27)24-18/h1-6,13-14H,7-12H2,(H,23,26)(H,24,27). The lowest BCUT2D eigenvalue weighted by atomic mass is 9.93. The summed E-state index contributed by atoms with van der Waals surface area (Å²) in [4.78, 5) is 28.5. The van der Waals surface area contributed by atoms with Crippen LogP contribution in [0.15, 0.2) is 51.7 Å². The molecule has 0 bridgehead atoms. The second-order valence-corrected chi connectivity index (χ2v) is 7.61. The van der Waals surface area contributed by atoms with Gasteiger partial charge in [0.2, 0.25) is 0 Å². The monoisotopic (exact) mass is 399 g/mol. The van der Waals surface area contributed by atoms with Crippen molar-refractivity contribution in [3.63, 3.8) is 0 Å². The summed E-state index contributed by atoms with van der Waals surface area (Å²) in [5, 5.41) is 3.73. The van der Waals surface area contributed by atoms with Gasteiger partial charge in [-0.15, -0.1) is 0 Å². The summed E-state index contributed by atoms with van der Waals surface area (Å²) in [7, 11) is 0. The molecule has 7 heteroatoms. The summed E-state index contributed by atoms with van der Waals surface area (Å²) >= 11 is 5.96. The highest BCUT2D eigenvalue weighted by Gasteiger charge is 2.19. The van der Waals surface area contributed by atoms with E-state index in [1.165, 1.54) is 5.69 Å². The van der Waals surface area contributed by atoms with Crippen LogP contribution in [-0.2, 0) is 0 Å². The second kappa shape index (κ2) is 8.10. The number of anilines is 1. The van der Waals surface area contributed by atoms with E-state index < -0.39 is 5.76 Å². The minimum absolute atomic E-state index is 0.149. The molecule has 4 rings (SSSR count). The Morgan fingerprint density at radius 1 is 1.18 bits per heavy atom. The first-order valence-electron chi connectivity index (χ1n) is 9.50. The van der Waals surface area contributed by atoms with Crippen molar-refractivity contribution in [2.24, 2.45) is 5.92 Å². The van der Waals surface area contributed by atoms with Gasteiger partial charge in [-0.05, 0) is 67.6 Å². The van der Waals surface area contributed by atoms with Gasteiger partial charge in [-0.1, -0.05) is 11.6 Å². The van der Waals surface area contributed by atoms with E-state index in [4.69, 9.17) is 16.0 Å². The molecule has 0 atom stereocenters. The number of nitrogens with zero attached hydrogens (tertiary/aromatic N) is 1. The molecule has 1 aliphatic heterocycles. The number of nitrogens with one attached hydrogen (secondary N) is 2. The fourth-order valence-electron chi connectivity index (χ4n) is 3.71. The molecule has 0 aliphatic carbocycles. The Morgan fingerprint density at radius 3 is 2.68 bits per heavy atom. The van der Waals surface area contributed by atoms with Crippen LogP contribution in [-0.4, -0.2) is 30.5 Å². The van der Waals surface area contributed by atoms with Crippen LogP contribution in [0.3, 0.4) is 0 Å². The van der Waals surface area contributed by atoms with Crippen molar-refractivity contribution < 1.29 is 9.21 Å². The molecule has 1 aromatic heterocycles. The maximum atomic E-state index is 12.3. The number of hydrogen-bond donors (Lipinski definition) is 2. The molecule has 2 aromatic carbocycles. The molecule has 0 spiro atoms. The molecular formula is C21H22ClN3O3. The van der Waals surface area contributed by atoms with Crippen molar-refractivity contribution in [3.8, 4) is 0 Å². The summed E-state index contributed by atoms with van der Waals surface area (Å²) in [5.41, 5.74) is 2.69. The average Bonchev–Trinajstić information content (AvgIpc) is 3.08. The number of fused-ring (bicyclic) bond motifs is 1. The largest absolute Gasteiger partial charge is 0.417 e. The maximum absolute atomic E-state index is 12.3. The molecule has 146 valence electrons. The summed E-state index contributed by atoms with van der Waals surface area (Å²) < 4.78 is 5.01. The van der Waals surface area contributed by atoms with E-state index in [0.29, 0.717) is 29.1 Å². The van der Waals surface area contributed by atoms with Gasteiger partial charge in [0.05, 0.1) is 5.52 Å². The highest BCUT2D eigenvalue weighted by molar-refractivity contribution is 6.30. The van der Waals surface area contributed by atoms with Gasteiger partial charge in [-0.25, -0.2) is 4.79 Å². The van der Waals surface area contributed by atoms with Crippen LogP contribution in [0.2, 0.25) is 5.02 Å². The first-order chi connectivity index (χ1) is 13.6. The van der Waals surface area contributed by atoms with Crippen molar-refractivity contribution in [2.45, 2.75) is 19.3 Å². The lowest BCUT2D eigenvalue weighted by Crippen LogP contribution is -2.35. The van der Waals surface area contributed by atoms with Gasteiger partial charge in [0.15, 0.2) is 5.58 Å². The highest BCUT2D eigenvalue weighted by atomic mass is 35.5. The molecule has 2 heterocycles. The summed E-state index contributed by atoms with van der Waals surface area (Å²) in [5.74, 6) is -0.0594. The zero-order valence-electron chi connectivity index (χ0n) is 15.4. The Morgan fingerprint density at radius 2 is 1.93 bits per heavy atom. The van der Waals surface area contributed by atoms with E-state index in [1.54, 1.807) is 18.2 Å². The van der Waals surface area contributed by atoms with E-state index in [0.717, 1.165) is 37.4 Å². The van der Waals surface area contributed by atoms with E-state index in [2.05, 4.69) is 27.3 Å². The summed E-state index contributed by atoms with van der Waals surface area (Å²) in [6, 6.07) is 12.9. The molecule has 6 nitrogen and oxygen atoms in total. The molecule has 1 aliphatic rings. The zero-order chi connectivity index (χ0) is 19.5. The van der Waals surface area contributed by atoms with Gasteiger partial charge in [0.25, 0.3) is 5.91 Å². The Hall–Kier alpha value is -2.73. The first-order valence-corrected chi connectivity index (χ1v) is 9.88. The fourth-order valence-corrected chi connectivity index (χ4v) is 3.84. The number of oxazole rings is 1. The number of rotatable bonds is 5. The van der Waals surface area contributed by atoms with Crippen LogP contribution < -0.4 is 16.0 Å². The van der Waals surface area contributed by atoms with Crippen LogP contribution in [0, 0.1) is 5.92 Å². The SMILES string of the molecule is O=C(NCCC1CCN(c2ccc(Cl)cc2)CC1)c1ccc2[nH]c(=O)oc2c1. The maximum Gasteiger partial charge on any atom is 0.417 e. The molecule has 1 amide bonds. The summed E-state index contributed by atoms with van der Waals surface area (Å²) in [6.07, 6.45) is 3.18. The van der Waals surface area contributed by atoms with Gasteiger partial charge < -0.3 is 14.6 Å². The van der Waals surface area contributed by atoms with Crippen molar-refractivity contribution in [2.75, 3.05) is 24.5 Å². The Labute approximate surface area is 167 Å². The predicted molar refractivity (Wildman–Crippen MR) is 110 cm³/mol. The second-order valence-electron chi connectivity index (χ2n) is 7.18. The van der Waals surface area contributed by atoms with Gasteiger partial charge in [0.1, 0.15) is 0 Å². The zero-order valence-corrected chi connectivity index (χ0v) is 16.2. The number of benzene rings is 2. The molecule has 3 aromatic rings. The van der Waals surface area contributed by atoms with Crippen molar-refractivity contribution in [1.82, 2.24) is 10.3 Å². The molecule has 28 heavy (non-hydrogen) atoms. The number of aromatic nitrogens is 1. The van der Waals surface area contributed by atoms with Crippen LogP contribution >= 0.6 is 11.6 Å². The normalized spacial score (nSPS) is 15.1. The van der Waals surface area contributed by atoms with Crippen molar-refractivity contribution >= 4 is 34.3 Å². The molecule has 0 unspecified atom stereocenters. The smallest absolute Gasteiger partial charge is 0.408 e. The lowest BCUT2D eigenvalue weighted by Gasteiger charge is -2.33. The van der Waals surface area contributed by atoms with Crippen molar-refractivity contribution in [1.29, 1.82) is 0 Å². The van der Waals surface area contributed by atoms with Crippen LogP contribution in [0.5, 0.6) is 0 Å². The van der Waals surface area contributed by atoms with Crippen molar-refractivity contribution in [3.05, 3.63) is 63.6 Å². The number of amides is 1. The Kier molecular flexibility index (Phi) is 5.39. The number of aromatic amines is 1. The molecular weight excluding hydrogens is 378 g/mol. The number of piperidine rings is 1. The van der Waals surface area contributed by atoms with Crippen LogP contribution in [0.4, 0.5) is 5.69 Å². The number of hydrogen-bond acceptors (Lipinski definition) is 4. The van der Waals surface area contributed by atoms with Gasteiger partial charge in [-0.2, -0.15) is 0 Å². The van der Waals surface area contributed by atoms with Gasteiger partial charge in [0, 0.05) is 35.9 Å². The topological polar surface area (TPSA) is 78.3 Å². The number of carbonyl (C=O) groups is 1. The molecule has 0 radical (unpaired) electrons. The molecule has 1 saturated heterocycles. The van der Waals surface area contributed by atoms with Gasteiger partial charge in [-0.3, -0.25) is 9.78 Å². The Balaban J connectivity index is 1.24. The van der Waals surface area contributed by atoms with E-state index in [9.17, 15) is 9.59 Å². The molecule has 2 N–H and O–H groups in total. The van der Waals surface area contributed by atoms with Gasteiger partial charge >= 0.3 is 5.76 Å². The number of carbonyl (C=O) groups excluding carboxylic acids is 1. The van der Waals surface area contributed by atoms with E-state index in [-0.39, 0.29) is 5.91 Å². The minimum atomic E-state index is -0.516. The Bertz CT molecular complexity index is 1020. The molecule has 1 fully saturated rings. The van der Waals surface area contributed by atoms with E-state index >= 15 is 0 Å². The van der Waals surface area contributed by atoms with Crippen LogP contribution in [0.25, 0.3) is 11.1 Å². The quantitative estimate of drug-likeness (QED) is 0.683. The predicted octanol–water partition coefficient (Wildman–Crippen LogP) is 3.81. The third-order valence-corrected chi connectivity index (χ3v) is 5.58.